The summed E-state index contributed by atoms with van der Waals surface area (Å²) in [6.07, 6.45) is 2.38. The maximum absolute atomic E-state index is 12.1. The molecule has 4 aromatic rings. The highest BCUT2D eigenvalue weighted by Gasteiger charge is 2.46. The molecule has 3 heteroatoms. The van der Waals surface area contributed by atoms with Crippen LogP contribution in [0.5, 0.6) is 0 Å². The van der Waals surface area contributed by atoms with Crippen LogP contribution in [0.15, 0.2) is 134 Å². The smallest absolute Gasteiger partial charge is 0.303 e. The van der Waals surface area contributed by atoms with Crippen LogP contribution in [-0.4, -0.2) is 14.0 Å². The Labute approximate surface area is 203 Å². The molecular weight excluding hydrogens is 432 g/mol. The second kappa shape index (κ2) is 11.0. The molecular formula is C31H30O2Si. The van der Waals surface area contributed by atoms with Crippen LogP contribution in [0.25, 0.3) is 0 Å². The fraction of sp³-hybridized carbons (Fsp3) is 0.129. The van der Waals surface area contributed by atoms with Crippen LogP contribution in [-0.2, 0) is 9.53 Å². The van der Waals surface area contributed by atoms with E-state index in [2.05, 4.69) is 104 Å². The van der Waals surface area contributed by atoms with Crippen LogP contribution >= 0.6 is 0 Å². The third kappa shape index (κ3) is 4.80. The van der Waals surface area contributed by atoms with Gasteiger partial charge in [-0.3, -0.25) is 4.79 Å². The van der Waals surface area contributed by atoms with Gasteiger partial charge in [0.1, 0.15) is 6.10 Å². The Hall–Kier alpha value is -3.69. The van der Waals surface area contributed by atoms with Crippen molar-refractivity contribution in [3.05, 3.63) is 140 Å². The summed E-state index contributed by atoms with van der Waals surface area (Å²) >= 11 is 0. The van der Waals surface area contributed by atoms with Crippen molar-refractivity contribution in [3.63, 3.8) is 0 Å². The van der Waals surface area contributed by atoms with E-state index in [-0.39, 0.29) is 17.6 Å². The molecule has 0 unspecified atom stereocenters. The van der Waals surface area contributed by atoms with Crippen molar-refractivity contribution in [3.8, 4) is 0 Å². The lowest BCUT2D eigenvalue weighted by molar-refractivity contribution is -0.147. The van der Waals surface area contributed by atoms with Crippen LogP contribution in [0.3, 0.4) is 0 Å². The quantitative estimate of drug-likeness (QED) is 0.144. The van der Waals surface area contributed by atoms with Gasteiger partial charge in [-0.1, -0.05) is 127 Å². The van der Waals surface area contributed by atoms with E-state index in [1.165, 1.54) is 22.5 Å². The summed E-state index contributed by atoms with van der Waals surface area (Å²) in [5.41, 5.74) is 1.07. The van der Waals surface area contributed by atoms with E-state index in [0.29, 0.717) is 6.42 Å². The van der Waals surface area contributed by atoms with E-state index in [4.69, 9.17) is 4.74 Å². The number of esters is 1. The van der Waals surface area contributed by atoms with Gasteiger partial charge in [-0.15, -0.1) is 6.58 Å². The zero-order chi connectivity index (χ0) is 23.8. The Kier molecular flexibility index (Phi) is 7.56. The van der Waals surface area contributed by atoms with Crippen molar-refractivity contribution in [2.45, 2.75) is 25.0 Å². The van der Waals surface area contributed by atoms with Crippen molar-refractivity contribution in [1.29, 1.82) is 0 Å². The van der Waals surface area contributed by atoms with Gasteiger partial charge in [0.15, 0.2) is 8.07 Å². The van der Waals surface area contributed by atoms with Crippen LogP contribution < -0.4 is 15.6 Å². The molecule has 0 N–H and O–H groups in total. The molecule has 2 nitrogen and oxygen atoms in total. The average Bonchev–Trinajstić information content (AvgIpc) is 2.90. The van der Waals surface area contributed by atoms with E-state index in [1.54, 1.807) is 0 Å². The number of rotatable bonds is 9. The zero-order valence-corrected chi connectivity index (χ0v) is 20.5. The third-order valence-electron chi connectivity index (χ3n) is 6.48. The van der Waals surface area contributed by atoms with Crippen LogP contribution in [0.1, 0.15) is 25.0 Å². The molecule has 0 radical (unpaired) electrons. The van der Waals surface area contributed by atoms with E-state index in [9.17, 15) is 4.79 Å². The summed E-state index contributed by atoms with van der Waals surface area (Å²) in [6.45, 7) is 5.80. The Morgan fingerprint density at radius 2 is 1.12 bits per heavy atom. The maximum atomic E-state index is 12.1. The molecule has 0 spiro atoms. The van der Waals surface area contributed by atoms with Gasteiger partial charge in [0, 0.05) is 6.92 Å². The third-order valence-corrected chi connectivity index (χ3v) is 11.8. The predicted octanol–water partition coefficient (Wildman–Crippen LogP) is 5.41. The van der Waals surface area contributed by atoms with E-state index in [0.717, 1.165) is 5.56 Å². The lowest BCUT2D eigenvalue weighted by atomic mass is 10.0. The lowest BCUT2D eigenvalue weighted by Gasteiger charge is -2.40. The molecule has 0 bridgehead atoms. The van der Waals surface area contributed by atoms with Crippen LogP contribution in [0, 0.1) is 0 Å². The summed E-state index contributed by atoms with van der Waals surface area (Å²) in [4.78, 5) is 12.1. The SMILES string of the molecule is C=C[C@H](C[C@H](OC(C)=O)c1ccccc1)[Si](c1ccccc1)(c1ccccc1)c1ccccc1. The van der Waals surface area contributed by atoms with Gasteiger partial charge >= 0.3 is 5.97 Å². The Bertz CT molecular complexity index is 1090. The number of benzene rings is 4. The molecule has 0 aliphatic rings. The number of carbonyl (C=O) groups is 1. The first-order chi connectivity index (χ1) is 16.7. The molecule has 0 fully saturated rings. The monoisotopic (exact) mass is 462 g/mol. The molecule has 34 heavy (non-hydrogen) atoms. The van der Waals surface area contributed by atoms with Crippen molar-refractivity contribution in [1.82, 2.24) is 0 Å². The van der Waals surface area contributed by atoms with E-state index >= 15 is 0 Å². The highest BCUT2D eigenvalue weighted by molar-refractivity contribution is 7.12. The summed E-state index contributed by atoms with van der Waals surface area (Å²) in [5, 5.41) is 3.94. The van der Waals surface area contributed by atoms with Gasteiger partial charge < -0.3 is 4.74 Å². The average molecular weight is 463 g/mol. The fourth-order valence-corrected chi connectivity index (χ4v) is 10.4. The molecule has 0 amide bonds. The highest BCUT2D eigenvalue weighted by Crippen LogP contribution is 2.35. The number of hydrogen-bond donors (Lipinski definition) is 0. The van der Waals surface area contributed by atoms with Gasteiger partial charge in [-0.25, -0.2) is 0 Å². The molecule has 0 saturated heterocycles. The van der Waals surface area contributed by atoms with Gasteiger partial charge in [0.05, 0.1) is 0 Å². The summed E-state index contributed by atoms with van der Waals surface area (Å²) in [6, 6.07) is 42.4. The van der Waals surface area contributed by atoms with Gasteiger partial charge in [-0.05, 0) is 33.1 Å². The Balaban J connectivity index is 1.94. The molecule has 4 aromatic carbocycles. The van der Waals surface area contributed by atoms with Gasteiger partial charge in [0.2, 0.25) is 0 Å². The number of allylic oxidation sites excluding steroid dienone is 1. The molecule has 0 aromatic heterocycles. The zero-order valence-electron chi connectivity index (χ0n) is 19.5. The molecule has 4 rings (SSSR count). The highest BCUT2D eigenvalue weighted by atomic mass is 28.3. The molecule has 170 valence electrons. The minimum absolute atomic E-state index is 0.0734. The minimum Gasteiger partial charge on any atom is -0.458 e. The maximum Gasteiger partial charge on any atom is 0.303 e. The van der Waals surface area contributed by atoms with Gasteiger partial charge in [0.25, 0.3) is 0 Å². The van der Waals surface area contributed by atoms with Crippen LogP contribution in [0.4, 0.5) is 0 Å². The van der Waals surface area contributed by atoms with Gasteiger partial charge in [-0.2, -0.15) is 0 Å². The lowest BCUT2D eigenvalue weighted by Crippen LogP contribution is -2.69. The Morgan fingerprint density at radius 3 is 1.47 bits per heavy atom. The van der Waals surface area contributed by atoms with Crippen LogP contribution in [0.2, 0.25) is 5.54 Å². The first-order valence-electron chi connectivity index (χ1n) is 11.7. The standard InChI is InChI=1S/C31H30O2Si/c1-3-27(24-31(33-25(2)32)26-16-8-4-9-17-26)34(28-18-10-5-11-19-28,29-20-12-6-13-21-29)30-22-14-7-15-23-30/h3-23,27,31H,1,24H2,2H3/t27-,31+/m1/s1. The summed E-state index contributed by atoms with van der Waals surface area (Å²) in [5.74, 6) is -0.275. The number of ether oxygens (including phenoxy) is 1. The Morgan fingerprint density at radius 1 is 0.735 bits per heavy atom. The number of carbonyl (C=O) groups excluding carboxylic acids is 1. The first kappa shape index (κ1) is 23.5. The number of hydrogen-bond acceptors (Lipinski definition) is 2. The van der Waals surface area contributed by atoms with E-state index in [1.807, 2.05) is 30.3 Å². The predicted molar refractivity (Wildman–Crippen MR) is 143 cm³/mol. The normalized spacial score (nSPS) is 13.0. The van der Waals surface area contributed by atoms with Crippen molar-refractivity contribution < 1.29 is 9.53 Å². The minimum atomic E-state index is -2.61. The van der Waals surface area contributed by atoms with Crippen molar-refractivity contribution in [2.75, 3.05) is 0 Å². The topological polar surface area (TPSA) is 26.3 Å². The van der Waals surface area contributed by atoms with Crippen molar-refractivity contribution in [2.24, 2.45) is 0 Å². The van der Waals surface area contributed by atoms with Crippen molar-refractivity contribution >= 4 is 29.6 Å². The largest absolute Gasteiger partial charge is 0.458 e. The molecule has 0 heterocycles. The second-order valence-electron chi connectivity index (χ2n) is 8.49. The summed E-state index contributed by atoms with van der Waals surface area (Å²) in [7, 11) is -2.61. The summed E-state index contributed by atoms with van der Waals surface area (Å²) < 4.78 is 5.91. The molecule has 0 saturated carbocycles. The molecule has 2 atom stereocenters. The van der Waals surface area contributed by atoms with E-state index < -0.39 is 8.07 Å². The first-order valence-corrected chi connectivity index (χ1v) is 13.7. The molecule has 0 aliphatic heterocycles. The fourth-order valence-electron chi connectivity index (χ4n) is 5.05. The second-order valence-corrected chi connectivity index (χ2v) is 12.6. The molecule has 0 aliphatic carbocycles.